The summed E-state index contributed by atoms with van der Waals surface area (Å²) in [6.07, 6.45) is -4.32. The Labute approximate surface area is 643 Å². The number of carbonyl (C=O) groups excluding carboxylic acids is 8. The van der Waals surface area contributed by atoms with Crippen LogP contribution in [0.3, 0.4) is 0 Å². The van der Waals surface area contributed by atoms with Crippen molar-refractivity contribution in [2.75, 3.05) is 34.4 Å². The van der Waals surface area contributed by atoms with Crippen molar-refractivity contribution in [3.8, 4) is 0 Å². The average molecular weight is 1620 g/mol. The lowest BCUT2D eigenvalue weighted by Crippen LogP contribution is -2.61. The van der Waals surface area contributed by atoms with Gasteiger partial charge in [0, 0.05) is 47.6 Å². The number of carbonyl (C=O) groups is 15. The lowest BCUT2D eigenvalue weighted by molar-refractivity contribution is -0.145. The lowest BCUT2D eigenvalue weighted by atomic mass is 10.0. The molecule has 8 atom stereocenters. The van der Waals surface area contributed by atoms with Gasteiger partial charge in [0.2, 0.25) is 47.3 Å². The van der Waals surface area contributed by atoms with Crippen LogP contribution in [-0.2, 0) is 75.4 Å². The number of nitrogens with one attached hydrogen (secondary N) is 15. The van der Waals surface area contributed by atoms with Gasteiger partial charge in [-0.1, -0.05) is 21.6 Å². The Morgan fingerprint density at radius 2 is 0.912 bits per heavy atom. The number of amides is 8. The first kappa shape index (κ1) is 88.0. The molecule has 0 aliphatic heterocycles. The molecule has 4 aromatic heterocycles. The summed E-state index contributed by atoms with van der Waals surface area (Å²) < 4.78 is -1.71. The molecule has 0 unspecified atom stereocenters. The highest BCUT2D eigenvalue weighted by Crippen LogP contribution is 2.39. The Morgan fingerprint density at radius 3 is 1.35 bits per heavy atom. The van der Waals surface area contributed by atoms with Crippen LogP contribution in [0.4, 0.5) is 23.3 Å². The highest BCUT2D eigenvalue weighted by atomic mass is 33.1. The van der Waals surface area contributed by atoms with Crippen LogP contribution < -0.4 is 86.7 Å². The van der Waals surface area contributed by atoms with Gasteiger partial charge in [-0.2, -0.15) is 9.97 Å². The highest BCUT2D eigenvalue weighted by Gasteiger charge is 2.41. The fraction of sp³-hybridized carbons (Fsp3) is 0.375. The summed E-state index contributed by atoms with van der Waals surface area (Å²) in [5.41, 5.74) is 17.8. The third kappa shape index (κ3) is 27.9. The van der Waals surface area contributed by atoms with E-state index in [0.717, 1.165) is 0 Å². The number of nitrogens with two attached hydrogens (primary N) is 3. The molecule has 0 aliphatic rings. The van der Waals surface area contributed by atoms with Gasteiger partial charge in [0.1, 0.15) is 48.3 Å². The molecule has 49 heteroatoms. The van der Waals surface area contributed by atoms with E-state index in [2.05, 4.69) is 87.7 Å². The Kier molecular flexibility index (Phi) is 32.0. The van der Waals surface area contributed by atoms with E-state index in [-0.39, 0.29) is 76.9 Å². The Morgan fingerprint density at radius 1 is 0.504 bits per heavy atom. The molecule has 0 saturated heterocycles. The van der Waals surface area contributed by atoms with E-state index in [1.807, 2.05) is 10.6 Å². The molecule has 113 heavy (non-hydrogen) atoms. The Hall–Kier alpha value is -13.9. The predicted octanol–water partition coefficient (Wildman–Crippen LogP) is -4.20. The molecule has 0 spiro atoms. The number of benzene rings is 2. The average Bonchev–Trinajstić information content (AvgIpc) is 0.818. The van der Waals surface area contributed by atoms with Crippen LogP contribution in [0.5, 0.6) is 0 Å². The molecule has 2 aromatic carbocycles. The van der Waals surface area contributed by atoms with Crippen LogP contribution in [0.2, 0.25) is 0 Å². The van der Waals surface area contributed by atoms with Gasteiger partial charge in [-0.15, -0.1) is 0 Å². The molecule has 6 aromatic rings. The zero-order chi connectivity index (χ0) is 83.6. The van der Waals surface area contributed by atoms with E-state index >= 15 is 0 Å². The van der Waals surface area contributed by atoms with Crippen LogP contribution in [0.1, 0.15) is 104 Å². The van der Waals surface area contributed by atoms with E-state index in [4.69, 9.17) is 28.0 Å². The van der Waals surface area contributed by atoms with Crippen molar-refractivity contribution < 1.29 is 108 Å². The van der Waals surface area contributed by atoms with Crippen LogP contribution in [0.25, 0.3) is 22.3 Å². The molecule has 47 nitrogen and oxygen atoms in total. The van der Waals surface area contributed by atoms with E-state index in [9.17, 15) is 112 Å². The number of carboxylic acid groups (broad SMARTS) is 7. The first-order valence-corrected chi connectivity index (χ1v) is 35.7. The number of aliphatic carboxylic acids is 7. The van der Waals surface area contributed by atoms with Crippen LogP contribution in [0, 0.1) is 10.8 Å². The van der Waals surface area contributed by atoms with Gasteiger partial charge in [-0.3, -0.25) is 73.3 Å². The molecule has 0 aliphatic carbocycles. The Bertz CT molecular complexity index is 4750. The van der Waals surface area contributed by atoms with E-state index in [0.29, 0.717) is 44.4 Å². The van der Waals surface area contributed by atoms with Crippen molar-refractivity contribution in [1.29, 1.82) is 10.8 Å². The molecule has 0 fully saturated rings. The molecule has 4 heterocycles. The van der Waals surface area contributed by atoms with Crippen molar-refractivity contribution in [3.63, 3.8) is 0 Å². The van der Waals surface area contributed by atoms with Gasteiger partial charge in [0.15, 0.2) is 33.8 Å². The second kappa shape index (κ2) is 41.1. The van der Waals surface area contributed by atoms with Crippen LogP contribution in [-0.4, -0.2) is 236 Å². The standard InChI is InChI=1S/C64H78N24O23S2/c1-64(2,113-112-25-38(59(108)109)78-40(90)16-14-34(58(106)107)81-51(98)26-5-9-28(10-6-26)71-21-30-23-73-48-44(75-30)47(65)85-62(68)86-48)46(60(110)111)84-55(102)37(20-43(95)96)83-54(101)36(19-42(93)94)82-52(99)32(4-3-17-70-61(66)67)79-53(100)35(18-41(91)92)77-39(89)15-13-33(57(104)105)80-50(97)27-7-11-29(12-8-27)72-22-31-24-74-49-45(76-31)56(103)88-63(69)87-49/h5-12,23-24,32-38,46,71-72H,3-4,13-22,25H2,1-2H3,(H,77,89)(H,78,90)(H,79,100)(H,80,97)(H,81,98)(H,82,99)(H,83,101)(H,84,102)(H,91,92)(H,93,94)(H,95,96)(H,104,105)(H,106,107)(H,108,109)(H,110,111)(H4,66,67,70)(H4,65,68,73,85,86)(H3,69,74,87,88,103)/t32-,33-,34-,35-,36-,37-,38-,46+/m0/s1. The van der Waals surface area contributed by atoms with Gasteiger partial charge in [0.25, 0.3) is 17.4 Å². The molecule has 28 N–H and O–H groups in total. The second-order valence-corrected chi connectivity index (χ2v) is 28.0. The maximum Gasteiger partial charge on any atom is 0.327 e. The monoisotopic (exact) mass is 1610 g/mol. The van der Waals surface area contributed by atoms with Crippen molar-refractivity contribution in [2.24, 2.45) is 5.73 Å². The summed E-state index contributed by atoms with van der Waals surface area (Å²) in [5, 5.41) is 111. The van der Waals surface area contributed by atoms with E-state index in [1.165, 1.54) is 74.8 Å². The number of H-pyrrole nitrogens is 2. The molecule has 8 amide bonds. The number of hydrogen-bond donors (Lipinski definition) is 25. The zero-order valence-electron chi connectivity index (χ0n) is 59.5. The number of nitrogens with zero attached hydrogens (tertiary/aromatic N) is 6. The number of aromatic nitrogens is 8. The molecule has 0 saturated carbocycles. The Balaban J connectivity index is 1.02. The molecule has 0 radical (unpaired) electrons. The fourth-order valence-corrected chi connectivity index (χ4v) is 12.9. The minimum Gasteiger partial charge on any atom is -0.481 e. The van der Waals surface area contributed by atoms with Crippen molar-refractivity contribution in [3.05, 3.63) is 99.3 Å². The summed E-state index contributed by atoms with van der Waals surface area (Å²) in [5.74, 6) is -22.9. The molecular formula is C64H78N24O23S2. The summed E-state index contributed by atoms with van der Waals surface area (Å²) >= 11 is 0. The van der Waals surface area contributed by atoms with Gasteiger partial charge in [-0.25, -0.2) is 39.1 Å². The van der Waals surface area contributed by atoms with Crippen LogP contribution in [0.15, 0.2) is 65.7 Å². The third-order valence-corrected chi connectivity index (χ3v) is 19.1. The molecule has 0 bridgehead atoms. The van der Waals surface area contributed by atoms with E-state index in [1.54, 1.807) is 0 Å². The summed E-state index contributed by atoms with van der Waals surface area (Å²) in [6.45, 7) is 2.48. The quantitative estimate of drug-likeness (QED) is 0.00746. The topological polar surface area (TPSA) is 782 Å². The normalized spacial score (nSPS) is 13.2. The highest BCUT2D eigenvalue weighted by molar-refractivity contribution is 8.77. The smallest absolute Gasteiger partial charge is 0.327 e. The fourth-order valence-electron chi connectivity index (χ4n) is 10.1. The maximum atomic E-state index is 14.1. The first-order valence-electron chi connectivity index (χ1n) is 33.4. The SMILES string of the molecule is CC(C)(SSC[C@H](NC(=O)CC[C@H](NC(=O)c1ccc(NCc2cnc3nc(N)[nH]c(=N)c3n2)cc1)C(=O)O)C(=O)O)[C@H](NC(=O)[C@H](CC(=O)O)NC(=O)[C@H](CC(=O)O)NC(=O)[C@H](CCCNC(=N)N)NC(=O)[C@H](CC(=O)O)NC(=O)CC[C@H](NC(=O)c1ccc(NCc2cnc3nc(N)[nH]c(=O)c3n2)cc1)C(=O)O)C(=O)O. The summed E-state index contributed by atoms with van der Waals surface area (Å²) in [4.78, 5) is 236. The summed E-state index contributed by atoms with van der Waals surface area (Å²) in [6, 6.07) is -4.33. The minimum atomic E-state index is -2.27. The predicted molar refractivity (Wildman–Crippen MR) is 395 cm³/mol. The zero-order valence-corrected chi connectivity index (χ0v) is 61.1. The molecule has 604 valence electrons. The number of hydrogen-bond acceptors (Lipinski definition) is 30. The van der Waals surface area contributed by atoms with E-state index < -0.39 is 211 Å². The number of aromatic amines is 2. The van der Waals surface area contributed by atoms with Gasteiger partial charge >= 0.3 is 41.8 Å². The van der Waals surface area contributed by atoms with Crippen molar-refractivity contribution in [2.45, 2.75) is 138 Å². The largest absolute Gasteiger partial charge is 0.481 e. The lowest BCUT2D eigenvalue weighted by Gasteiger charge is -2.32. The van der Waals surface area contributed by atoms with Gasteiger partial charge < -0.3 is 116 Å². The maximum absolute atomic E-state index is 14.1. The number of guanidine groups is 1. The molecular weight excluding hydrogens is 1540 g/mol. The third-order valence-electron chi connectivity index (χ3n) is 15.8. The number of carboxylic acids is 7. The minimum absolute atomic E-state index is 0.0171. The summed E-state index contributed by atoms with van der Waals surface area (Å²) in [7, 11) is 1.31. The van der Waals surface area contributed by atoms with Crippen molar-refractivity contribution >= 4 is 162 Å². The molecule has 6 rings (SSSR count). The number of nitrogen functional groups attached to an aromatic ring is 2. The van der Waals surface area contributed by atoms with Crippen molar-refractivity contribution in [1.82, 2.24) is 87.7 Å². The number of anilines is 4. The first-order chi connectivity index (χ1) is 53.2. The number of fused-ring (bicyclic) bond motifs is 2. The van der Waals surface area contributed by atoms with Gasteiger partial charge in [0.05, 0.1) is 60.9 Å². The van der Waals surface area contributed by atoms with Crippen LogP contribution >= 0.6 is 21.6 Å². The van der Waals surface area contributed by atoms with Gasteiger partial charge in [-0.05, 0) is 88.1 Å². The number of rotatable bonds is 45. The second-order valence-electron chi connectivity index (χ2n) is 25.0.